The van der Waals surface area contributed by atoms with Gasteiger partial charge in [-0.1, -0.05) is 0 Å². The molecule has 0 spiro atoms. The van der Waals surface area contributed by atoms with Gasteiger partial charge >= 0.3 is 0 Å². The number of carbonyl (C=O) groups excluding carboxylic acids is 2. The van der Waals surface area contributed by atoms with Crippen molar-refractivity contribution in [2.24, 2.45) is 0 Å². The molecule has 6 nitrogen and oxygen atoms in total. The molecule has 0 radical (unpaired) electrons. The Morgan fingerprint density at radius 2 is 1.81 bits per heavy atom. The number of amides is 2. The SMILES string of the molecule is CC(C(=O)Nc1ccc(C#N)cc1)N(C)CC(=O)N(C)C. The Hall–Kier alpha value is -2.39. The molecule has 0 saturated carbocycles. The molecule has 112 valence electrons. The summed E-state index contributed by atoms with van der Waals surface area (Å²) in [5.41, 5.74) is 1.16. The Labute approximate surface area is 125 Å². The van der Waals surface area contributed by atoms with Crippen LogP contribution in [-0.4, -0.2) is 55.3 Å². The second-order valence-corrected chi connectivity index (χ2v) is 5.06. The van der Waals surface area contributed by atoms with Crippen molar-refractivity contribution >= 4 is 17.5 Å². The number of nitriles is 1. The van der Waals surface area contributed by atoms with Crippen LogP contribution < -0.4 is 5.32 Å². The van der Waals surface area contributed by atoms with Crippen LogP contribution in [0, 0.1) is 11.3 Å². The lowest BCUT2D eigenvalue weighted by Gasteiger charge is -2.24. The van der Waals surface area contributed by atoms with Gasteiger partial charge in [0.25, 0.3) is 0 Å². The predicted octanol–water partition coefficient (Wildman–Crippen LogP) is 0.905. The van der Waals surface area contributed by atoms with E-state index in [-0.39, 0.29) is 18.4 Å². The summed E-state index contributed by atoms with van der Waals surface area (Å²) in [5.74, 6) is -0.260. The Bertz CT molecular complexity index is 546. The Morgan fingerprint density at radius 3 is 2.29 bits per heavy atom. The molecule has 0 saturated heterocycles. The zero-order valence-electron chi connectivity index (χ0n) is 12.8. The molecule has 0 aliphatic rings. The lowest BCUT2D eigenvalue weighted by Crippen LogP contribution is -2.44. The summed E-state index contributed by atoms with van der Waals surface area (Å²) in [5, 5.41) is 11.5. The molecule has 0 aromatic heterocycles. The molecule has 0 fully saturated rings. The van der Waals surface area contributed by atoms with Crippen molar-refractivity contribution in [3.05, 3.63) is 29.8 Å². The van der Waals surface area contributed by atoms with Crippen molar-refractivity contribution < 1.29 is 9.59 Å². The van der Waals surface area contributed by atoms with Crippen molar-refractivity contribution in [3.63, 3.8) is 0 Å². The van der Waals surface area contributed by atoms with Crippen LogP contribution >= 0.6 is 0 Å². The monoisotopic (exact) mass is 288 g/mol. The minimum absolute atomic E-state index is 0.0597. The van der Waals surface area contributed by atoms with Crippen LogP contribution in [0.15, 0.2) is 24.3 Å². The number of hydrogen-bond donors (Lipinski definition) is 1. The maximum Gasteiger partial charge on any atom is 0.241 e. The van der Waals surface area contributed by atoms with Gasteiger partial charge in [-0.2, -0.15) is 5.26 Å². The molecule has 1 rings (SSSR count). The van der Waals surface area contributed by atoms with Crippen molar-refractivity contribution in [2.45, 2.75) is 13.0 Å². The molecular formula is C15H20N4O2. The number of nitrogens with zero attached hydrogens (tertiary/aromatic N) is 3. The summed E-state index contributed by atoms with van der Waals surface area (Å²) in [7, 11) is 5.08. The predicted molar refractivity (Wildman–Crippen MR) is 80.6 cm³/mol. The Balaban J connectivity index is 2.61. The number of benzene rings is 1. The van der Waals surface area contributed by atoms with E-state index in [4.69, 9.17) is 5.26 Å². The highest BCUT2D eigenvalue weighted by molar-refractivity contribution is 5.94. The first-order chi connectivity index (χ1) is 9.85. The summed E-state index contributed by atoms with van der Waals surface area (Å²) in [6.45, 7) is 1.91. The summed E-state index contributed by atoms with van der Waals surface area (Å²) < 4.78 is 0. The lowest BCUT2D eigenvalue weighted by atomic mass is 10.2. The Kier molecular flexibility index (Phi) is 5.88. The molecule has 0 aliphatic carbocycles. The zero-order valence-corrected chi connectivity index (χ0v) is 12.8. The van der Waals surface area contributed by atoms with Crippen LogP contribution in [0.4, 0.5) is 5.69 Å². The first-order valence-electron chi connectivity index (χ1n) is 6.56. The van der Waals surface area contributed by atoms with E-state index >= 15 is 0 Å². The van der Waals surface area contributed by atoms with Crippen molar-refractivity contribution in [3.8, 4) is 6.07 Å². The second-order valence-electron chi connectivity index (χ2n) is 5.06. The van der Waals surface area contributed by atoms with E-state index in [1.807, 2.05) is 6.07 Å². The molecule has 0 aliphatic heterocycles. The highest BCUT2D eigenvalue weighted by Crippen LogP contribution is 2.10. The van der Waals surface area contributed by atoms with Crippen LogP contribution in [0.1, 0.15) is 12.5 Å². The highest BCUT2D eigenvalue weighted by Gasteiger charge is 2.20. The Morgan fingerprint density at radius 1 is 1.24 bits per heavy atom. The van der Waals surface area contributed by atoms with Crippen LogP contribution in [0.25, 0.3) is 0 Å². The van der Waals surface area contributed by atoms with Crippen LogP contribution in [0.2, 0.25) is 0 Å². The fourth-order valence-corrected chi connectivity index (χ4v) is 1.57. The molecular weight excluding hydrogens is 268 g/mol. The fourth-order valence-electron chi connectivity index (χ4n) is 1.57. The van der Waals surface area contributed by atoms with Crippen molar-refractivity contribution in [1.29, 1.82) is 5.26 Å². The number of hydrogen-bond acceptors (Lipinski definition) is 4. The van der Waals surface area contributed by atoms with E-state index < -0.39 is 6.04 Å². The van der Waals surface area contributed by atoms with Gasteiger partial charge < -0.3 is 10.2 Å². The van der Waals surface area contributed by atoms with E-state index in [9.17, 15) is 9.59 Å². The van der Waals surface area contributed by atoms with Gasteiger partial charge in [0.05, 0.1) is 24.2 Å². The smallest absolute Gasteiger partial charge is 0.241 e. The first-order valence-corrected chi connectivity index (χ1v) is 6.56. The standard InChI is InChI=1S/C15H20N4O2/c1-11(19(4)10-14(20)18(2)3)15(21)17-13-7-5-12(9-16)6-8-13/h5-8,11H,10H2,1-4H3,(H,17,21). The normalized spacial score (nSPS) is 11.6. The maximum atomic E-state index is 12.1. The minimum Gasteiger partial charge on any atom is -0.348 e. The van der Waals surface area contributed by atoms with Gasteiger partial charge in [0, 0.05) is 19.8 Å². The van der Waals surface area contributed by atoms with E-state index in [2.05, 4.69) is 5.32 Å². The van der Waals surface area contributed by atoms with Gasteiger partial charge in [0.2, 0.25) is 11.8 Å². The van der Waals surface area contributed by atoms with Crippen LogP contribution in [-0.2, 0) is 9.59 Å². The molecule has 1 N–H and O–H groups in total. The number of nitrogens with one attached hydrogen (secondary N) is 1. The van der Waals surface area contributed by atoms with Crippen LogP contribution in [0.3, 0.4) is 0 Å². The molecule has 2 amide bonds. The molecule has 1 aromatic rings. The summed E-state index contributed by atoms with van der Waals surface area (Å²) in [6.07, 6.45) is 0. The third-order valence-electron chi connectivity index (χ3n) is 3.21. The van der Waals surface area contributed by atoms with E-state index in [1.54, 1.807) is 57.2 Å². The number of rotatable bonds is 5. The quantitative estimate of drug-likeness (QED) is 0.873. The lowest BCUT2D eigenvalue weighted by molar-refractivity contribution is -0.131. The summed E-state index contributed by atoms with van der Waals surface area (Å²) >= 11 is 0. The average Bonchev–Trinajstić information content (AvgIpc) is 2.46. The minimum atomic E-state index is -0.440. The zero-order chi connectivity index (χ0) is 16.0. The van der Waals surface area contributed by atoms with E-state index in [1.165, 1.54) is 4.90 Å². The third kappa shape index (κ3) is 4.89. The fraction of sp³-hybridized carbons (Fsp3) is 0.400. The summed E-state index contributed by atoms with van der Waals surface area (Å²) in [6, 6.07) is 8.20. The molecule has 1 aromatic carbocycles. The topological polar surface area (TPSA) is 76.4 Å². The first kappa shape index (κ1) is 16.7. The van der Waals surface area contributed by atoms with Gasteiger partial charge in [0.1, 0.15) is 0 Å². The largest absolute Gasteiger partial charge is 0.348 e. The van der Waals surface area contributed by atoms with Gasteiger partial charge in [0.15, 0.2) is 0 Å². The highest BCUT2D eigenvalue weighted by atomic mass is 16.2. The van der Waals surface area contributed by atoms with E-state index in [0.29, 0.717) is 11.3 Å². The van der Waals surface area contributed by atoms with Gasteiger partial charge in [-0.15, -0.1) is 0 Å². The third-order valence-corrected chi connectivity index (χ3v) is 3.21. The van der Waals surface area contributed by atoms with Crippen molar-refractivity contribution in [2.75, 3.05) is 33.0 Å². The maximum absolute atomic E-state index is 12.1. The number of likely N-dealkylation sites (N-methyl/N-ethyl adjacent to an activating group) is 2. The average molecular weight is 288 g/mol. The molecule has 0 heterocycles. The summed E-state index contributed by atoms with van der Waals surface area (Å²) in [4.78, 5) is 26.9. The van der Waals surface area contributed by atoms with Gasteiger partial charge in [-0.25, -0.2) is 0 Å². The van der Waals surface area contributed by atoms with Crippen molar-refractivity contribution in [1.82, 2.24) is 9.80 Å². The molecule has 21 heavy (non-hydrogen) atoms. The second kappa shape index (κ2) is 7.41. The molecule has 6 heteroatoms. The number of anilines is 1. The molecule has 0 bridgehead atoms. The van der Waals surface area contributed by atoms with Gasteiger partial charge in [-0.3, -0.25) is 14.5 Å². The van der Waals surface area contributed by atoms with E-state index in [0.717, 1.165) is 0 Å². The van der Waals surface area contributed by atoms with Crippen LogP contribution in [0.5, 0.6) is 0 Å². The molecule has 1 unspecified atom stereocenters. The number of carbonyl (C=O) groups is 2. The van der Waals surface area contributed by atoms with Gasteiger partial charge in [-0.05, 0) is 38.2 Å². The molecule has 1 atom stereocenters.